The van der Waals surface area contributed by atoms with Gasteiger partial charge in [-0.15, -0.1) is 0 Å². The van der Waals surface area contributed by atoms with Crippen LogP contribution < -0.4 is 10.1 Å². The van der Waals surface area contributed by atoms with Gasteiger partial charge in [0.25, 0.3) is 0 Å². The van der Waals surface area contributed by atoms with Gasteiger partial charge >= 0.3 is 0 Å². The Kier molecular flexibility index (Phi) is 4.48. The lowest BCUT2D eigenvalue weighted by Crippen LogP contribution is -2.25. The number of nitrogens with one attached hydrogen (secondary N) is 1. The minimum atomic E-state index is -0.248. The molecule has 2 saturated carbocycles. The van der Waals surface area contributed by atoms with E-state index < -0.39 is 0 Å². The molecule has 2 aliphatic carbocycles. The summed E-state index contributed by atoms with van der Waals surface area (Å²) in [7, 11) is 1.51. The zero-order chi connectivity index (χ0) is 14.8. The van der Waals surface area contributed by atoms with Crippen molar-refractivity contribution in [3.8, 4) is 5.75 Å². The molecule has 2 fully saturated rings. The third-order valence-corrected chi connectivity index (χ3v) is 5.26. The van der Waals surface area contributed by atoms with Crippen LogP contribution in [-0.2, 0) is 0 Å². The van der Waals surface area contributed by atoms with Crippen LogP contribution in [0.4, 0.5) is 4.39 Å². The van der Waals surface area contributed by atoms with Crippen LogP contribution in [0, 0.1) is 23.6 Å². The molecule has 0 aliphatic heterocycles. The monoisotopic (exact) mass is 291 g/mol. The van der Waals surface area contributed by atoms with Gasteiger partial charge in [0.05, 0.1) is 7.11 Å². The molecular weight excluding hydrogens is 265 g/mol. The molecular formula is C18H26FNO. The van der Waals surface area contributed by atoms with Crippen LogP contribution in [0.3, 0.4) is 0 Å². The zero-order valence-electron chi connectivity index (χ0n) is 13.1. The van der Waals surface area contributed by atoms with Crippen molar-refractivity contribution in [3.05, 3.63) is 29.6 Å². The van der Waals surface area contributed by atoms with Gasteiger partial charge in [0.1, 0.15) is 0 Å². The third-order valence-electron chi connectivity index (χ3n) is 5.26. The number of benzene rings is 1. The second kappa shape index (κ2) is 6.35. The Bertz CT molecular complexity index is 478. The molecule has 1 N–H and O–H groups in total. The molecule has 1 aromatic rings. The summed E-state index contributed by atoms with van der Waals surface area (Å²) in [5.74, 6) is 2.51. The molecule has 0 saturated heterocycles. The van der Waals surface area contributed by atoms with Crippen LogP contribution in [0.25, 0.3) is 0 Å². The van der Waals surface area contributed by atoms with Gasteiger partial charge in [-0.1, -0.05) is 25.8 Å². The number of halogens is 1. The first kappa shape index (κ1) is 14.8. The molecule has 116 valence electrons. The predicted molar refractivity (Wildman–Crippen MR) is 82.9 cm³/mol. The molecule has 0 heterocycles. The summed E-state index contributed by atoms with van der Waals surface area (Å²) >= 11 is 0. The molecule has 3 heteroatoms. The molecule has 3 unspecified atom stereocenters. The first-order valence-electron chi connectivity index (χ1n) is 8.33. The van der Waals surface area contributed by atoms with E-state index in [4.69, 9.17) is 4.74 Å². The van der Waals surface area contributed by atoms with Gasteiger partial charge in [0.15, 0.2) is 11.6 Å². The molecule has 0 bridgehead atoms. The van der Waals surface area contributed by atoms with E-state index in [0.717, 1.165) is 30.4 Å². The molecule has 0 radical (unpaired) electrons. The average Bonchev–Trinajstić information content (AvgIpc) is 3.22. The van der Waals surface area contributed by atoms with Crippen molar-refractivity contribution in [3.63, 3.8) is 0 Å². The number of hydrogen-bond acceptors (Lipinski definition) is 2. The Balaban J connectivity index is 1.80. The first-order chi connectivity index (χ1) is 10.3. The summed E-state index contributed by atoms with van der Waals surface area (Å²) < 4.78 is 19.1. The molecule has 2 nitrogen and oxygen atoms in total. The van der Waals surface area contributed by atoms with E-state index in [1.165, 1.54) is 32.8 Å². The van der Waals surface area contributed by atoms with Crippen molar-refractivity contribution >= 4 is 0 Å². The fourth-order valence-electron chi connectivity index (χ4n) is 4.19. The number of hydrogen-bond donors (Lipinski definition) is 1. The molecule has 0 spiro atoms. The van der Waals surface area contributed by atoms with Gasteiger partial charge in [-0.2, -0.15) is 0 Å². The lowest BCUT2D eigenvalue weighted by molar-refractivity contribution is 0.383. The predicted octanol–water partition coefficient (Wildman–Crippen LogP) is 4.31. The lowest BCUT2D eigenvalue weighted by atomic mass is 9.99. The second-order valence-corrected chi connectivity index (χ2v) is 6.52. The van der Waals surface area contributed by atoms with Gasteiger partial charge < -0.3 is 10.1 Å². The van der Waals surface area contributed by atoms with Crippen molar-refractivity contribution in [1.82, 2.24) is 5.32 Å². The van der Waals surface area contributed by atoms with Gasteiger partial charge in [0, 0.05) is 6.04 Å². The van der Waals surface area contributed by atoms with E-state index in [1.54, 1.807) is 12.1 Å². The molecule has 3 atom stereocenters. The van der Waals surface area contributed by atoms with Gasteiger partial charge in [-0.25, -0.2) is 4.39 Å². The smallest absolute Gasteiger partial charge is 0.165 e. The summed E-state index contributed by atoms with van der Waals surface area (Å²) in [5.41, 5.74) is 1.08. The zero-order valence-corrected chi connectivity index (χ0v) is 13.1. The van der Waals surface area contributed by atoms with E-state index in [2.05, 4.69) is 12.2 Å². The normalized spacial score (nSPS) is 28.8. The van der Waals surface area contributed by atoms with Gasteiger partial charge in [-0.05, 0) is 61.3 Å². The Hall–Kier alpha value is -1.09. The quantitative estimate of drug-likeness (QED) is 0.843. The first-order valence-corrected chi connectivity index (χ1v) is 8.33. The fourth-order valence-corrected chi connectivity index (χ4v) is 4.19. The van der Waals surface area contributed by atoms with E-state index >= 15 is 0 Å². The Morgan fingerprint density at radius 2 is 2.00 bits per heavy atom. The largest absolute Gasteiger partial charge is 0.494 e. The van der Waals surface area contributed by atoms with Gasteiger partial charge in [0.2, 0.25) is 0 Å². The number of rotatable bonds is 6. The Labute approximate surface area is 127 Å². The van der Waals surface area contributed by atoms with Crippen molar-refractivity contribution in [2.45, 2.75) is 45.1 Å². The SMILES string of the molecule is CCCNC(c1ccc(OC)c(F)c1)C1C2CCCCC21. The van der Waals surface area contributed by atoms with E-state index in [-0.39, 0.29) is 5.82 Å². The van der Waals surface area contributed by atoms with Crippen molar-refractivity contribution in [1.29, 1.82) is 0 Å². The summed E-state index contributed by atoms with van der Waals surface area (Å²) in [6, 6.07) is 5.76. The van der Waals surface area contributed by atoms with Crippen molar-refractivity contribution < 1.29 is 9.13 Å². The highest BCUT2D eigenvalue weighted by molar-refractivity contribution is 5.32. The van der Waals surface area contributed by atoms with Crippen LogP contribution >= 0.6 is 0 Å². The second-order valence-electron chi connectivity index (χ2n) is 6.52. The minimum Gasteiger partial charge on any atom is -0.494 e. The summed E-state index contributed by atoms with van der Waals surface area (Å²) in [6.45, 7) is 3.17. The van der Waals surface area contributed by atoms with Crippen LogP contribution in [0.5, 0.6) is 5.75 Å². The minimum absolute atomic E-state index is 0.248. The topological polar surface area (TPSA) is 21.3 Å². The summed E-state index contributed by atoms with van der Waals surface area (Å²) in [5, 5.41) is 3.66. The maximum absolute atomic E-state index is 14.0. The standard InChI is InChI=1S/C18H26FNO/c1-3-10-20-18(17-13-6-4-5-7-14(13)17)12-8-9-16(21-2)15(19)11-12/h8-9,11,13-14,17-18,20H,3-7,10H2,1-2H3. The van der Waals surface area contributed by atoms with Crippen LogP contribution in [0.2, 0.25) is 0 Å². The molecule has 2 aliphatic rings. The number of ether oxygens (including phenoxy) is 1. The average molecular weight is 291 g/mol. The molecule has 3 rings (SSSR count). The highest BCUT2D eigenvalue weighted by Gasteiger charge is 2.54. The summed E-state index contributed by atoms with van der Waals surface area (Å²) in [4.78, 5) is 0. The fraction of sp³-hybridized carbons (Fsp3) is 0.667. The highest BCUT2D eigenvalue weighted by Crippen LogP contribution is 2.60. The van der Waals surface area contributed by atoms with Crippen LogP contribution in [-0.4, -0.2) is 13.7 Å². The Morgan fingerprint density at radius 3 is 2.57 bits per heavy atom. The Morgan fingerprint density at radius 1 is 1.29 bits per heavy atom. The van der Waals surface area contributed by atoms with E-state index in [0.29, 0.717) is 17.7 Å². The maximum Gasteiger partial charge on any atom is 0.165 e. The van der Waals surface area contributed by atoms with Crippen molar-refractivity contribution in [2.24, 2.45) is 17.8 Å². The maximum atomic E-state index is 14.0. The number of methoxy groups -OCH3 is 1. The van der Waals surface area contributed by atoms with E-state index in [1.807, 2.05) is 6.07 Å². The molecule has 1 aromatic carbocycles. The van der Waals surface area contributed by atoms with Crippen molar-refractivity contribution in [2.75, 3.05) is 13.7 Å². The molecule has 0 aromatic heterocycles. The lowest BCUT2D eigenvalue weighted by Gasteiger charge is -2.20. The summed E-state index contributed by atoms with van der Waals surface area (Å²) in [6.07, 6.45) is 6.57. The number of fused-ring (bicyclic) bond motifs is 1. The third kappa shape index (κ3) is 2.94. The molecule has 21 heavy (non-hydrogen) atoms. The van der Waals surface area contributed by atoms with Crippen LogP contribution in [0.15, 0.2) is 18.2 Å². The van der Waals surface area contributed by atoms with Gasteiger partial charge in [-0.3, -0.25) is 0 Å². The van der Waals surface area contributed by atoms with Crippen LogP contribution in [0.1, 0.15) is 50.6 Å². The highest BCUT2D eigenvalue weighted by atomic mass is 19.1. The van der Waals surface area contributed by atoms with E-state index in [9.17, 15) is 4.39 Å². The molecule has 0 amide bonds.